The number of carboxylic acids is 2. The summed E-state index contributed by atoms with van der Waals surface area (Å²) in [6.07, 6.45) is 4.62. The van der Waals surface area contributed by atoms with Gasteiger partial charge in [-0.15, -0.1) is 0 Å². The molecule has 0 saturated carbocycles. The minimum Gasteiger partial charge on any atom is -0.481 e. The van der Waals surface area contributed by atoms with Crippen molar-refractivity contribution >= 4 is 11.9 Å². The molecule has 114 valence electrons. The van der Waals surface area contributed by atoms with Crippen LogP contribution in [0.1, 0.15) is 58.3 Å². The Morgan fingerprint density at radius 3 is 1.68 bits per heavy atom. The highest BCUT2D eigenvalue weighted by Gasteiger charge is 1.99. The third-order valence-electron chi connectivity index (χ3n) is 2.31. The molecule has 19 heavy (non-hydrogen) atoms. The zero-order chi connectivity index (χ0) is 15.1. The number of aliphatic carboxylic acids is 2. The number of hydrogen-bond donors (Lipinski definition) is 4. The Balaban J connectivity index is 0. The summed E-state index contributed by atoms with van der Waals surface area (Å²) >= 11 is 0. The Bertz CT molecular complexity index is 211. The molecule has 0 aliphatic carbocycles. The van der Waals surface area contributed by atoms with Crippen LogP contribution in [0, 0.1) is 0 Å². The SMILES string of the molecule is CC(O)CCCCCO.O=C(O)CCCCC(=O)O. The summed E-state index contributed by atoms with van der Waals surface area (Å²) in [6, 6.07) is 0. The van der Waals surface area contributed by atoms with Gasteiger partial charge in [0.1, 0.15) is 0 Å². The highest BCUT2D eigenvalue weighted by molar-refractivity contribution is 5.67. The van der Waals surface area contributed by atoms with Gasteiger partial charge in [-0.2, -0.15) is 0 Å². The van der Waals surface area contributed by atoms with Crippen molar-refractivity contribution in [2.45, 2.75) is 64.4 Å². The summed E-state index contributed by atoms with van der Waals surface area (Å²) in [6.45, 7) is 2.07. The lowest BCUT2D eigenvalue weighted by atomic mass is 10.1. The lowest BCUT2D eigenvalue weighted by Crippen LogP contribution is -1.98. The van der Waals surface area contributed by atoms with E-state index in [1.54, 1.807) is 6.92 Å². The minimum atomic E-state index is -0.870. The molecule has 0 bridgehead atoms. The highest BCUT2D eigenvalue weighted by Crippen LogP contribution is 2.01. The molecule has 0 heterocycles. The van der Waals surface area contributed by atoms with E-state index >= 15 is 0 Å². The van der Waals surface area contributed by atoms with Crippen LogP contribution in [0.2, 0.25) is 0 Å². The Morgan fingerprint density at radius 1 is 0.895 bits per heavy atom. The Labute approximate surface area is 114 Å². The van der Waals surface area contributed by atoms with Crippen molar-refractivity contribution in [1.82, 2.24) is 0 Å². The van der Waals surface area contributed by atoms with Gasteiger partial charge in [-0.05, 0) is 32.6 Å². The Morgan fingerprint density at radius 2 is 1.37 bits per heavy atom. The molecule has 6 heteroatoms. The molecule has 0 spiro atoms. The van der Waals surface area contributed by atoms with E-state index in [-0.39, 0.29) is 25.6 Å². The summed E-state index contributed by atoms with van der Waals surface area (Å²) < 4.78 is 0. The van der Waals surface area contributed by atoms with Crippen molar-refractivity contribution in [2.24, 2.45) is 0 Å². The van der Waals surface area contributed by atoms with Crippen LogP contribution in [0.25, 0.3) is 0 Å². The van der Waals surface area contributed by atoms with E-state index < -0.39 is 11.9 Å². The predicted octanol–water partition coefficient (Wildman–Crippen LogP) is 1.64. The second-order valence-electron chi connectivity index (χ2n) is 4.42. The molecule has 0 rings (SSSR count). The summed E-state index contributed by atoms with van der Waals surface area (Å²) in [5.74, 6) is -1.74. The van der Waals surface area contributed by atoms with Crippen molar-refractivity contribution in [2.75, 3.05) is 6.61 Å². The molecule has 0 radical (unpaired) electrons. The average Bonchev–Trinajstić information content (AvgIpc) is 2.30. The third kappa shape index (κ3) is 26.5. The van der Waals surface area contributed by atoms with E-state index in [0.29, 0.717) is 12.8 Å². The zero-order valence-corrected chi connectivity index (χ0v) is 11.5. The van der Waals surface area contributed by atoms with Gasteiger partial charge >= 0.3 is 11.9 Å². The molecule has 0 aliphatic rings. The fourth-order valence-corrected chi connectivity index (χ4v) is 1.28. The quantitative estimate of drug-likeness (QED) is 0.451. The van der Waals surface area contributed by atoms with Gasteiger partial charge in [-0.25, -0.2) is 0 Å². The van der Waals surface area contributed by atoms with Gasteiger partial charge in [0.15, 0.2) is 0 Å². The van der Waals surface area contributed by atoms with Gasteiger partial charge in [0.05, 0.1) is 6.10 Å². The van der Waals surface area contributed by atoms with Gasteiger partial charge in [0.25, 0.3) is 0 Å². The van der Waals surface area contributed by atoms with Crippen LogP contribution in [0.4, 0.5) is 0 Å². The molecular weight excluding hydrogens is 252 g/mol. The average molecular weight is 278 g/mol. The van der Waals surface area contributed by atoms with E-state index in [4.69, 9.17) is 20.4 Å². The maximum atomic E-state index is 9.90. The van der Waals surface area contributed by atoms with E-state index in [0.717, 1.165) is 25.7 Å². The molecule has 1 atom stereocenters. The van der Waals surface area contributed by atoms with E-state index in [1.165, 1.54) is 0 Å². The second-order valence-corrected chi connectivity index (χ2v) is 4.42. The lowest BCUT2D eigenvalue weighted by molar-refractivity contribution is -0.139. The Kier molecular flexibility index (Phi) is 15.8. The summed E-state index contributed by atoms with van der Waals surface area (Å²) in [5, 5.41) is 33.4. The van der Waals surface area contributed by atoms with Crippen LogP contribution in [0.15, 0.2) is 0 Å². The maximum absolute atomic E-state index is 9.90. The fraction of sp³-hybridized carbons (Fsp3) is 0.846. The fourth-order valence-electron chi connectivity index (χ4n) is 1.28. The number of carboxylic acid groups (broad SMARTS) is 2. The first-order valence-corrected chi connectivity index (χ1v) is 6.62. The van der Waals surface area contributed by atoms with Crippen molar-refractivity contribution in [3.8, 4) is 0 Å². The lowest BCUT2D eigenvalue weighted by Gasteiger charge is -2.01. The van der Waals surface area contributed by atoms with Gasteiger partial charge in [0.2, 0.25) is 0 Å². The van der Waals surface area contributed by atoms with Crippen molar-refractivity contribution in [1.29, 1.82) is 0 Å². The molecule has 4 N–H and O–H groups in total. The number of hydrogen-bond acceptors (Lipinski definition) is 4. The van der Waals surface area contributed by atoms with Crippen LogP contribution < -0.4 is 0 Å². The predicted molar refractivity (Wildman–Crippen MR) is 71.0 cm³/mol. The normalized spacial score (nSPS) is 11.3. The van der Waals surface area contributed by atoms with Crippen molar-refractivity contribution in [3.63, 3.8) is 0 Å². The molecule has 0 aromatic carbocycles. The summed E-state index contributed by atoms with van der Waals surface area (Å²) in [7, 11) is 0. The van der Waals surface area contributed by atoms with Gasteiger partial charge < -0.3 is 20.4 Å². The first-order valence-electron chi connectivity index (χ1n) is 6.62. The number of carbonyl (C=O) groups is 2. The first kappa shape index (κ1) is 20.2. The van der Waals surface area contributed by atoms with Crippen LogP contribution in [-0.4, -0.2) is 45.1 Å². The molecule has 1 unspecified atom stereocenters. The number of unbranched alkanes of at least 4 members (excludes halogenated alkanes) is 3. The van der Waals surface area contributed by atoms with Crippen molar-refractivity contribution in [3.05, 3.63) is 0 Å². The van der Waals surface area contributed by atoms with Gasteiger partial charge in [-0.3, -0.25) is 9.59 Å². The molecule has 0 saturated heterocycles. The highest BCUT2D eigenvalue weighted by atomic mass is 16.4. The number of rotatable bonds is 10. The van der Waals surface area contributed by atoms with Crippen molar-refractivity contribution < 1.29 is 30.0 Å². The third-order valence-corrected chi connectivity index (χ3v) is 2.31. The van der Waals surface area contributed by atoms with E-state index in [2.05, 4.69) is 0 Å². The molecule has 0 aromatic rings. The standard InChI is InChI=1S/C7H16O2.C6H10O4/c1-7(9)5-3-2-4-6-8;7-5(8)3-1-2-4-6(9)10/h7-9H,2-6H2,1H3;1-4H2,(H,7,8)(H,9,10). The van der Waals surface area contributed by atoms with Gasteiger partial charge in [-0.1, -0.05) is 12.8 Å². The van der Waals surface area contributed by atoms with Crippen LogP contribution >= 0.6 is 0 Å². The maximum Gasteiger partial charge on any atom is 0.303 e. The Hall–Kier alpha value is -1.14. The molecule has 0 amide bonds. The van der Waals surface area contributed by atoms with Crippen LogP contribution in [0.5, 0.6) is 0 Å². The van der Waals surface area contributed by atoms with Crippen LogP contribution in [0.3, 0.4) is 0 Å². The summed E-state index contributed by atoms with van der Waals surface area (Å²) in [5.41, 5.74) is 0. The second kappa shape index (κ2) is 14.9. The monoisotopic (exact) mass is 278 g/mol. The minimum absolute atomic E-state index is 0.0628. The molecular formula is C13H26O6. The largest absolute Gasteiger partial charge is 0.481 e. The molecule has 0 aromatic heterocycles. The van der Waals surface area contributed by atoms with Crippen LogP contribution in [-0.2, 0) is 9.59 Å². The van der Waals surface area contributed by atoms with E-state index in [1.807, 2.05) is 0 Å². The van der Waals surface area contributed by atoms with Gasteiger partial charge in [0, 0.05) is 19.4 Å². The number of aliphatic hydroxyl groups excluding tert-OH is 2. The first-order chi connectivity index (χ1) is 8.90. The summed E-state index contributed by atoms with van der Waals surface area (Å²) in [4.78, 5) is 19.8. The topological polar surface area (TPSA) is 115 Å². The molecule has 0 aliphatic heterocycles. The molecule has 6 nitrogen and oxygen atoms in total. The van der Waals surface area contributed by atoms with E-state index in [9.17, 15) is 9.59 Å². The zero-order valence-electron chi connectivity index (χ0n) is 11.5. The smallest absolute Gasteiger partial charge is 0.303 e. The molecule has 0 fully saturated rings. The number of aliphatic hydroxyl groups is 2.